The van der Waals surface area contributed by atoms with Crippen LogP contribution < -0.4 is 5.46 Å². The highest BCUT2D eigenvalue weighted by atomic mass is 32.2. The fraction of sp³-hybridized carbons (Fsp3) is 0. The molecule has 282 valence electrons. The summed E-state index contributed by atoms with van der Waals surface area (Å²) in [4.78, 5) is 2.60. The standard InChI is InChI=1S/C54H29BN2O2S2/c1-7-19-38-30(13-1)32-25-27-44-50(34-15-3-9-21-42(34)58-44)53(32)56(38)40-29-41(49-37-18-6-12-24-47(37)61-55-52(49)48(40)36-17-5-11-23-46(36)60-55)57-39-20-8-2-14-31(39)33-26-28-45-51(54(33)57)35-16-4-10-22-43(35)59-45/h1-29H. The second kappa shape index (κ2) is 11.8. The van der Waals surface area contributed by atoms with Crippen LogP contribution in [0.1, 0.15) is 0 Å². The third-order valence-corrected chi connectivity index (χ3v) is 15.9. The minimum atomic E-state index is 0.124. The Balaban J connectivity index is 1.22. The summed E-state index contributed by atoms with van der Waals surface area (Å²) in [5, 5.41) is 9.48. The van der Waals surface area contributed by atoms with E-state index in [1.165, 1.54) is 70.1 Å². The van der Waals surface area contributed by atoms with Gasteiger partial charge in [-0.3, -0.25) is 0 Å². The van der Waals surface area contributed by atoms with Crippen LogP contribution in [0.15, 0.2) is 195 Å². The average molecular weight is 813 g/mol. The molecule has 2 aliphatic heterocycles. The normalized spacial score (nSPS) is 13.4. The van der Waals surface area contributed by atoms with Crippen LogP contribution in [-0.4, -0.2) is 14.4 Å². The van der Waals surface area contributed by atoms with Gasteiger partial charge in [0.25, 0.3) is 0 Å². The molecule has 0 atom stereocenters. The van der Waals surface area contributed by atoms with Crippen LogP contribution in [0.25, 0.3) is 121 Å². The highest BCUT2D eigenvalue weighted by molar-refractivity contribution is 8.56. The van der Waals surface area contributed by atoms with Gasteiger partial charge in [0.15, 0.2) is 0 Å². The molecule has 9 aromatic carbocycles. The second-order valence-electron chi connectivity index (χ2n) is 16.2. The van der Waals surface area contributed by atoms with Crippen molar-refractivity contribution in [1.29, 1.82) is 0 Å². The maximum absolute atomic E-state index is 6.63. The molecule has 0 N–H and O–H groups in total. The van der Waals surface area contributed by atoms with Crippen molar-refractivity contribution in [2.24, 2.45) is 0 Å². The van der Waals surface area contributed by atoms with E-state index in [4.69, 9.17) is 8.83 Å². The highest BCUT2D eigenvalue weighted by Gasteiger charge is 2.41. The van der Waals surface area contributed by atoms with Crippen molar-refractivity contribution >= 4 is 121 Å². The van der Waals surface area contributed by atoms with E-state index in [1.54, 1.807) is 0 Å². The lowest BCUT2D eigenvalue weighted by Gasteiger charge is -2.35. The van der Waals surface area contributed by atoms with Gasteiger partial charge in [-0.25, -0.2) is 0 Å². The van der Waals surface area contributed by atoms with Crippen molar-refractivity contribution in [3.63, 3.8) is 0 Å². The van der Waals surface area contributed by atoms with E-state index in [1.807, 2.05) is 23.2 Å². The molecule has 61 heavy (non-hydrogen) atoms. The molecule has 6 heterocycles. The van der Waals surface area contributed by atoms with Crippen LogP contribution in [0, 0.1) is 0 Å². The molecule has 15 rings (SSSR count). The number of benzene rings is 9. The zero-order valence-electron chi connectivity index (χ0n) is 32.3. The first kappa shape index (κ1) is 32.8. The topological polar surface area (TPSA) is 36.1 Å². The van der Waals surface area contributed by atoms with Crippen molar-refractivity contribution in [3.8, 4) is 33.6 Å². The summed E-state index contributed by atoms with van der Waals surface area (Å²) in [6.07, 6.45) is 0. The first-order valence-corrected chi connectivity index (χ1v) is 22.4. The average Bonchev–Trinajstić information content (AvgIpc) is 4.06. The number of fused-ring (bicyclic) bond motifs is 18. The maximum Gasteiger partial charge on any atom is 0.318 e. The van der Waals surface area contributed by atoms with E-state index < -0.39 is 0 Å². The highest BCUT2D eigenvalue weighted by Crippen LogP contribution is 2.55. The molecule has 2 aliphatic rings. The summed E-state index contributed by atoms with van der Waals surface area (Å²) in [6.45, 7) is 0. The molecular formula is C54H29BN2O2S2. The Bertz CT molecular complexity index is 3840. The largest absolute Gasteiger partial charge is 0.456 e. The Labute approximate surface area is 356 Å². The van der Waals surface area contributed by atoms with Crippen LogP contribution in [0.4, 0.5) is 0 Å². The lowest BCUT2D eigenvalue weighted by molar-refractivity contribution is 0.669. The fourth-order valence-corrected chi connectivity index (χ4v) is 13.7. The first-order chi connectivity index (χ1) is 30.3. The Morgan fingerprint density at radius 3 is 1.31 bits per heavy atom. The smallest absolute Gasteiger partial charge is 0.318 e. The number of rotatable bonds is 2. The van der Waals surface area contributed by atoms with Crippen LogP contribution >= 0.6 is 23.2 Å². The molecule has 0 spiro atoms. The molecule has 0 saturated carbocycles. The zero-order chi connectivity index (χ0) is 39.5. The van der Waals surface area contributed by atoms with Gasteiger partial charge >= 0.3 is 5.27 Å². The molecular weight excluding hydrogens is 784 g/mol. The number of aromatic nitrogens is 2. The van der Waals surface area contributed by atoms with Gasteiger partial charge in [0.05, 0.1) is 44.2 Å². The molecule has 0 aliphatic carbocycles. The summed E-state index contributed by atoms with van der Waals surface area (Å²) in [5.41, 5.74) is 17.0. The van der Waals surface area contributed by atoms with Gasteiger partial charge in [-0.15, -0.1) is 0 Å². The molecule has 0 radical (unpaired) electrons. The predicted octanol–water partition coefficient (Wildman–Crippen LogP) is 14.9. The van der Waals surface area contributed by atoms with Gasteiger partial charge in [0.1, 0.15) is 22.3 Å². The van der Waals surface area contributed by atoms with Gasteiger partial charge in [0, 0.05) is 53.2 Å². The molecule has 0 saturated heterocycles. The molecule has 0 amide bonds. The Morgan fingerprint density at radius 1 is 0.377 bits per heavy atom. The minimum Gasteiger partial charge on any atom is -0.456 e. The summed E-state index contributed by atoms with van der Waals surface area (Å²) < 4.78 is 18.4. The van der Waals surface area contributed by atoms with Crippen LogP contribution in [0.5, 0.6) is 0 Å². The molecule has 4 nitrogen and oxygen atoms in total. The van der Waals surface area contributed by atoms with Gasteiger partial charge in [0.2, 0.25) is 0 Å². The molecule has 7 heteroatoms. The number of furan rings is 2. The van der Waals surface area contributed by atoms with Crippen molar-refractivity contribution < 1.29 is 8.83 Å². The first-order valence-electron chi connectivity index (χ1n) is 20.7. The summed E-state index contributed by atoms with van der Waals surface area (Å²) in [5.74, 6) is 0. The van der Waals surface area contributed by atoms with Crippen molar-refractivity contribution in [1.82, 2.24) is 9.13 Å². The minimum absolute atomic E-state index is 0.124. The van der Waals surface area contributed by atoms with Gasteiger partial charge in [-0.05, 0) is 83.3 Å². The van der Waals surface area contributed by atoms with E-state index >= 15 is 0 Å². The Morgan fingerprint density at radius 2 is 0.803 bits per heavy atom. The Kier molecular flexibility index (Phi) is 6.35. The van der Waals surface area contributed by atoms with Gasteiger partial charge in [-0.1, -0.05) is 109 Å². The van der Waals surface area contributed by atoms with Crippen LogP contribution in [-0.2, 0) is 0 Å². The SMILES string of the molecule is c1ccc2c(c1)SB1Sc3ccccc3-c3c(-n4c5ccccc5c5ccc6oc7ccccc7c6c54)cc(-n4c5ccccc5c5ccc6oc7ccccc7c6c54)c-2c31. The summed E-state index contributed by atoms with van der Waals surface area (Å²) in [7, 11) is 0. The van der Waals surface area contributed by atoms with E-state index in [0.29, 0.717) is 0 Å². The third-order valence-electron chi connectivity index (χ3n) is 13.2. The van der Waals surface area contributed by atoms with Crippen molar-refractivity contribution in [2.45, 2.75) is 9.79 Å². The lowest BCUT2D eigenvalue weighted by atomic mass is 9.75. The molecule has 4 aromatic heterocycles. The van der Waals surface area contributed by atoms with Crippen LogP contribution in [0.2, 0.25) is 0 Å². The van der Waals surface area contributed by atoms with Crippen molar-refractivity contribution in [3.05, 3.63) is 176 Å². The third kappa shape index (κ3) is 4.20. The molecule has 0 fully saturated rings. The quantitative estimate of drug-likeness (QED) is 0.163. The summed E-state index contributed by atoms with van der Waals surface area (Å²) >= 11 is 3.96. The number of hydrogen-bond donors (Lipinski definition) is 0. The molecule has 13 aromatic rings. The monoisotopic (exact) mass is 812 g/mol. The van der Waals surface area contributed by atoms with Gasteiger partial charge in [-0.2, -0.15) is 23.2 Å². The Hall–Kier alpha value is -7.06. The number of nitrogens with zero attached hydrogens (tertiary/aromatic N) is 2. The van der Waals surface area contributed by atoms with E-state index in [0.717, 1.165) is 66.3 Å². The number of para-hydroxylation sites is 4. The predicted molar refractivity (Wildman–Crippen MR) is 258 cm³/mol. The van der Waals surface area contributed by atoms with Crippen molar-refractivity contribution in [2.75, 3.05) is 0 Å². The van der Waals surface area contributed by atoms with E-state index in [2.05, 4.69) is 185 Å². The molecule has 0 bridgehead atoms. The zero-order valence-corrected chi connectivity index (χ0v) is 34.0. The van der Waals surface area contributed by atoms with E-state index in [-0.39, 0.29) is 5.27 Å². The molecule has 0 unspecified atom stereocenters. The number of hydrogen-bond acceptors (Lipinski definition) is 4. The van der Waals surface area contributed by atoms with Crippen LogP contribution in [0.3, 0.4) is 0 Å². The fourth-order valence-electron chi connectivity index (χ4n) is 10.8. The lowest BCUT2D eigenvalue weighted by Crippen LogP contribution is -2.35. The van der Waals surface area contributed by atoms with E-state index in [9.17, 15) is 0 Å². The second-order valence-corrected chi connectivity index (χ2v) is 18.8. The maximum atomic E-state index is 6.63. The van der Waals surface area contributed by atoms with Gasteiger partial charge < -0.3 is 18.0 Å². The summed E-state index contributed by atoms with van der Waals surface area (Å²) in [6, 6.07) is 64.2.